The van der Waals surface area contributed by atoms with Crippen LogP contribution in [0, 0.1) is 11.8 Å². The number of aromatic nitrogens is 2. The van der Waals surface area contributed by atoms with Crippen LogP contribution in [0.2, 0.25) is 0 Å². The first kappa shape index (κ1) is 26.8. The van der Waals surface area contributed by atoms with E-state index in [0.717, 1.165) is 72.8 Å². The van der Waals surface area contributed by atoms with Crippen molar-refractivity contribution in [3.63, 3.8) is 0 Å². The van der Waals surface area contributed by atoms with Gasteiger partial charge in [0.1, 0.15) is 5.82 Å². The molecule has 4 rings (SSSR count). The highest BCUT2D eigenvalue weighted by atomic mass is 79.9. The first-order chi connectivity index (χ1) is 17.4. The number of anilines is 2. The molecule has 36 heavy (non-hydrogen) atoms. The summed E-state index contributed by atoms with van der Waals surface area (Å²) >= 11 is 3.34. The lowest BCUT2D eigenvalue weighted by Crippen LogP contribution is -2.32. The molecule has 1 aliphatic carbocycles. The van der Waals surface area contributed by atoms with Crippen molar-refractivity contribution in [2.75, 3.05) is 36.8 Å². The van der Waals surface area contributed by atoms with Crippen molar-refractivity contribution in [3.8, 4) is 0 Å². The van der Waals surface area contributed by atoms with Crippen LogP contribution in [0.3, 0.4) is 0 Å². The maximum atomic E-state index is 12.6. The molecule has 0 spiro atoms. The third kappa shape index (κ3) is 7.38. The number of unbranched alkanes of at least 4 members (excludes halogenated alkanes) is 1. The van der Waals surface area contributed by atoms with Gasteiger partial charge in [-0.1, -0.05) is 28.1 Å². The van der Waals surface area contributed by atoms with Crippen LogP contribution in [-0.2, 0) is 10.0 Å². The van der Waals surface area contributed by atoms with Crippen molar-refractivity contribution in [3.05, 3.63) is 53.0 Å². The van der Waals surface area contributed by atoms with Gasteiger partial charge in [-0.05, 0) is 93.3 Å². The molecule has 0 aliphatic heterocycles. The van der Waals surface area contributed by atoms with Gasteiger partial charge >= 0.3 is 0 Å². The Kier molecular flexibility index (Phi) is 9.53. The molecule has 2 aromatic carbocycles. The number of hydrogen-bond acceptors (Lipinski definition) is 7. The number of sulfonamides is 1. The van der Waals surface area contributed by atoms with E-state index in [-0.39, 0.29) is 0 Å². The highest BCUT2D eigenvalue weighted by Crippen LogP contribution is 2.29. The summed E-state index contributed by atoms with van der Waals surface area (Å²) in [5.74, 6) is 2.36. The SMILES string of the molecule is NCCCCNc1nc(NC[C@H]2CC[C@H](CNS(=O)(=O)c3ccc(Br)cc3)CC2)nc2ccccc12. The van der Waals surface area contributed by atoms with Crippen LogP contribution in [0.25, 0.3) is 10.9 Å². The van der Waals surface area contributed by atoms with Crippen molar-refractivity contribution in [1.29, 1.82) is 0 Å². The minimum atomic E-state index is -3.48. The molecule has 3 aromatic rings. The fraction of sp³-hybridized carbons (Fsp3) is 0.462. The van der Waals surface area contributed by atoms with Crippen molar-refractivity contribution in [2.45, 2.75) is 43.4 Å². The fourth-order valence-electron chi connectivity index (χ4n) is 4.57. The highest BCUT2D eigenvalue weighted by Gasteiger charge is 2.23. The Morgan fingerprint density at radius 3 is 2.31 bits per heavy atom. The molecule has 8 nitrogen and oxygen atoms in total. The molecular formula is C26H35BrN6O2S. The third-order valence-electron chi connectivity index (χ3n) is 6.73. The number of nitrogens with two attached hydrogens (primary N) is 1. The van der Waals surface area contributed by atoms with Crippen LogP contribution < -0.4 is 21.1 Å². The molecule has 5 N–H and O–H groups in total. The first-order valence-electron chi connectivity index (χ1n) is 12.6. The number of fused-ring (bicyclic) bond motifs is 1. The zero-order chi connectivity index (χ0) is 25.4. The summed E-state index contributed by atoms with van der Waals surface area (Å²) in [7, 11) is -3.48. The van der Waals surface area contributed by atoms with Crippen molar-refractivity contribution < 1.29 is 8.42 Å². The molecule has 10 heteroatoms. The van der Waals surface area contributed by atoms with Gasteiger partial charge in [0.05, 0.1) is 10.4 Å². The number of halogens is 1. The molecule has 1 saturated carbocycles. The largest absolute Gasteiger partial charge is 0.369 e. The Hall–Kier alpha value is -2.27. The van der Waals surface area contributed by atoms with E-state index in [1.54, 1.807) is 24.3 Å². The molecular weight excluding hydrogens is 540 g/mol. The van der Waals surface area contributed by atoms with Crippen molar-refractivity contribution in [1.82, 2.24) is 14.7 Å². The second-order valence-electron chi connectivity index (χ2n) is 9.41. The Morgan fingerprint density at radius 1 is 0.889 bits per heavy atom. The summed E-state index contributed by atoms with van der Waals surface area (Å²) in [6.45, 7) is 2.80. The Morgan fingerprint density at radius 2 is 1.58 bits per heavy atom. The highest BCUT2D eigenvalue weighted by molar-refractivity contribution is 9.10. The summed E-state index contributed by atoms with van der Waals surface area (Å²) in [5.41, 5.74) is 6.53. The molecule has 1 aliphatic rings. The predicted octanol–water partition coefficient (Wildman–Crippen LogP) is 4.74. The molecule has 194 valence electrons. The topological polar surface area (TPSA) is 122 Å². The average Bonchev–Trinajstić information content (AvgIpc) is 2.89. The van der Waals surface area contributed by atoms with Gasteiger partial charge in [-0.2, -0.15) is 4.98 Å². The van der Waals surface area contributed by atoms with Gasteiger partial charge in [0.15, 0.2) is 0 Å². The molecule has 0 saturated heterocycles. The number of benzene rings is 2. The lowest BCUT2D eigenvalue weighted by molar-refractivity contribution is 0.284. The van der Waals surface area contributed by atoms with Gasteiger partial charge in [0.25, 0.3) is 0 Å². The van der Waals surface area contributed by atoms with E-state index >= 15 is 0 Å². The molecule has 1 fully saturated rings. The number of hydrogen-bond donors (Lipinski definition) is 4. The molecule has 1 heterocycles. The molecule has 0 amide bonds. The molecule has 0 unspecified atom stereocenters. The standard InChI is InChI=1S/C26H35BrN6O2S/c27-21-11-13-22(14-12-21)36(34,35)31-18-20-9-7-19(8-10-20)17-30-26-32-24-6-2-1-5-23(24)25(33-26)29-16-4-3-15-28/h1-2,5-6,11-14,19-20,31H,3-4,7-10,15-18,28H2,(H2,29,30,32,33)/t19-,20-. The fourth-order valence-corrected chi connectivity index (χ4v) is 5.95. The van der Waals surface area contributed by atoms with E-state index < -0.39 is 10.0 Å². The molecule has 0 radical (unpaired) electrons. The normalized spacial score (nSPS) is 18.3. The van der Waals surface area contributed by atoms with Crippen LogP contribution in [0.4, 0.5) is 11.8 Å². The molecule has 0 bridgehead atoms. The number of nitrogens with zero attached hydrogens (tertiary/aromatic N) is 2. The molecule has 1 aromatic heterocycles. The number of para-hydroxylation sites is 1. The Bertz CT molecular complexity index is 1230. The Labute approximate surface area is 222 Å². The second kappa shape index (κ2) is 12.8. The first-order valence-corrected chi connectivity index (χ1v) is 14.9. The smallest absolute Gasteiger partial charge is 0.240 e. The van der Waals surface area contributed by atoms with Gasteiger partial charge in [0, 0.05) is 29.5 Å². The van der Waals surface area contributed by atoms with Crippen molar-refractivity contribution in [2.24, 2.45) is 17.6 Å². The monoisotopic (exact) mass is 574 g/mol. The quantitative estimate of drug-likeness (QED) is 0.230. The van der Waals surface area contributed by atoms with Gasteiger partial charge < -0.3 is 16.4 Å². The summed E-state index contributed by atoms with van der Waals surface area (Å²) < 4.78 is 28.8. The summed E-state index contributed by atoms with van der Waals surface area (Å²) in [5, 5.41) is 7.91. The van der Waals surface area contributed by atoms with E-state index in [0.29, 0.717) is 35.8 Å². The second-order valence-corrected chi connectivity index (χ2v) is 12.1. The average molecular weight is 576 g/mol. The summed E-state index contributed by atoms with van der Waals surface area (Å²) in [6, 6.07) is 14.8. The summed E-state index contributed by atoms with van der Waals surface area (Å²) in [4.78, 5) is 9.75. The van der Waals surface area contributed by atoms with Crippen LogP contribution in [0.5, 0.6) is 0 Å². The zero-order valence-corrected chi connectivity index (χ0v) is 22.8. The van der Waals surface area contributed by atoms with E-state index in [2.05, 4.69) is 31.3 Å². The third-order valence-corrected chi connectivity index (χ3v) is 8.70. The number of nitrogens with one attached hydrogen (secondary N) is 3. The van der Waals surface area contributed by atoms with Gasteiger partial charge in [-0.3, -0.25) is 0 Å². The minimum Gasteiger partial charge on any atom is -0.369 e. The van der Waals surface area contributed by atoms with Crippen LogP contribution in [0.1, 0.15) is 38.5 Å². The maximum absolute atomic E-state index is 12.6. The van der Waals surface area contributed by atoms with Crippen LogP contribution >= 0.6 is 15.9 Å². The van der Waals surface area contributed by atoms with Crippen LogP contribution in [0.15, 0.2) is 57.9 Å². The van der Waals surface area contributed by atoms with Gasteiger partial charge in [-0.25, -0.2) is 18.1 Å². The predicted molar refractivity (Wildman–Crippen MR) is 150 cm³/mol. The zero-order valence-electron chi connectivity index (χ0n) is 20.4. The Balaban J connectivity index is 1.27. The van der Waals surface area contributed by atoms with E-state index in [9.17, 15) is 8.42 Å². The van der Waals surface area contributed by atoms with E-state index in [1.807, 2.05) is 24.3 Å². The van der Waals surface area contributed by atoms with Crippen molar-refractivity contribution >= 4 is 48.6 Å². The number of rotatable bonds is 12. The van der Waals surface area contributed by atoms with E-state index in [4.69, 9.17) is 15.7 Å². The molecule has 0 atom stereocenters. The van der Waals surface area contributed by atoms with Gasteiger partial charge in [0.2, 0.25) is 16.0 Å². The lowest BCUT2D eigenvalue weighted by Gasteiger charge is -2.28. The van der Waals surface area contributed by atoms with E-state index in [1.165, 1.54) is 0 Å². The van der Waals surface area contributed by atoms with Gasteiger partial charge in [-0.15, -0.1) is 0 Å². The van der Waals surface area contributed by atoms with Crippen LogP contribution in [-0.4, -0.2) is 44.6 Å². The summed E-state index contributed by atoms with van der Waals surface area (Å²) in [6.07, 6.45) is 6.09. The maximum Gasteiger partial charge on any atom is 0.240 e. The lowest BCUT2D eigenvalue weighted by atomic mass is 9.82. The minimum absolute atomic E-state index is 0.298.